The van der Waals surface area contributed by atoms with E-state index in [0.29, 0.717) is 18.9 Å². The Hall–Kier alpha value is -1.89. The van der Waals surface area contributed by atoms with E-state index in [2.05, 4.69) is 6.92 Å². The number of sulfone groups is 1. The minimum Gasteiger partial charge on any atom is -0.341 e. The fourth-order valence-electron chi connectivity index (χ4n) is 3.87. The van der Waals surface area contributed by atoms with Crippen LogP contribution in [0.3, 0.4) is 0 Å². The maximum Gasteiger partial charge on any atom is 0.245 e. The number of piperidine rings is 1. The van der Waals surface area contributed by atoms with Gasteiger partial charge in [0, 0.05) is 26.1 Å². The van der Waals surface area contributed by atoms with Crippen molar-refractivity contribution in [1.82, 2.24) is 9.80 Å². The molecule has 0 bridgehead atoms. The molecule has 7 heteroatoms. The number of amides is 2. The van der Waals surface area contributed by atoms with Gasteiger partial charge in [0.25, 0.3) is 0 Å². The van der Waals surface area contributed by atoms with Gasteiger partial charge in [-0.1, -0.05) is 25.1 Å². The van der Waals surface area contributed by atoms with E-state index < -0.39 is 15.9 Å². The monoisotopic (exact) mass is 392 g/mol. The molecule has 2 fully saturated rings. The first-order chi connectivity index (χ1) is 12.9. The van der Waals surface area contributed by atoms with Crippen LogP contribution >= 0.6 is 0 Å². The number of benzene rings is 1. The van der Waals surface area contributed by atoms with Gasteiger partial charge < -0.3 is 9.80 Å². The van der Waals surface area contributed by atoms with Crippen LogP contribution in [0.1, 0.15) is 39.0 Å². The second-order valence-electron chi connectivity index (χ2n) is 7.63. The highest BCUT2D eigenvalue weighted by Gasteiger charge is 2.37. The van der Waals surface area contributed by atoms with Crippen molar-refractivity contribution < 1.29 is 18.0 Å². The van der Waals surface area contributed by atoms with Crippen LogP contribution in [0.2, 0.25) is 0 Å². The van der Waals surface area contributed by atoms with E-state index in [-0.39, 0.29) is 28.9 Å². The third-order valence-corrected chi connectivity index (χ3v) is 7.37. The van der Waals surface area contributed by atoms with E-state index in [9.17, 15) is 18.0 Å². The van der Waals surface area contributed by atoms with Crippen LogP contribution in [0.4, 0.5) is 0 Å². The number of nitrogens with zero attached hydrogens (tertiary/aromatic N) is 2. The van der Waals surface area contributed by atoms with E-state index in [4.69, 9.17) is 0 Å². The molecule has 2 amide bonds. The highest BCUT2D eigenvalue weighted by atomic mass is 32.2. The van der Waals surface area contributed by atoms with E-state index in [1.165, 1.54) is 0 Å². The van der Waals surface area contributed by atoms with Crippen LogP contribution in [0.15, 0.2) is 35.2 Å². The zero-order valence-electron chi connectivity index (χ0n) is 15.8. The topological polar surface area (TPSA) is 74.8 Å². The molecule has 27 heavy (non-hydrogen) atoms. The molecule has 0 N–H and O–H groups in total. The Morgan fingerprint density at radius 2 is 1.70 bits per heavy atom. The molecule has 0 unspecified atom stereocenters. The lowest BCUT2D eigenvalue weighted by Crippen LogP contribution is -2.50. The summed E-state index contributed by atoms with van der Waals surface area (Å²) in [6.45, 7) is 4.23. The summed E-state index contributed by atoms with van der Waals surface area (Å²) in [6.07, 6.45) is 3.38. The number of hydrogen-bond acceptors (Lipinski definition) is 4. The summed E-state index contributed by atoms with van der Waals surface area (Å²) < 4.78 is 24.8. The van der Waals surface area contributed by atoms with Gasteiger partial charge >= 0.3 is 0 Å². The smallest absolute Gasteiger partial charge is 0.245 e. The van der Waals surface area contributed by atoms with Crippen LogP contribution in [-0.2, 0) is 19.4 Å². The number of rotatable bonds is 5. The van der Waals surface area contributed by atoms with Gasteiger partial charge in [0.15, 0.2) is 9.84 Å². The van der Waals surface area contributed by atoms with Crippen LogP contribution in [-0.4, -0.2) is 61.5 Å². The maximum atomic E-state index is 12.9. The van der Waals surface area contributed by atoms with Gasteiger partial charge in [-0.2, -0.15) is 0 Å². The summed E-state index contributed by atoms with van der Waals surface area (Å²) in [6, 6.07) is 7.75. The first-order valence-corrected chi connectivity index (χ1v) is 11.4. The maximum absolute atomic E-state index is 12.9. The number of carbonyl (C=O) groups is 2. The highest BCUT2D eigenvalue weighted by molar-refractivity contribution is 7.91. The van der Waals surface area contributed by atoms with Crippen molar-refractivity contribution in [3.63, 3.8) is 0 Å². The average Bonchev–Trinajstić information content (AvgIpc) is 3.17. The summed E-state index contributed by atoms with van der Waals surface area (Å²) in [7, 11) is -3.49. The summed E-state index contributed by atoms with van der Waals surface area (Å²) in [4.78, 5) is 29.2. The average molecular weight is 393 g/mol. The van der Waals surface area contributed by atoms with Crippen LogP contribution in [0, 0.1) is 5.92 Å². The van der Waals surface area contributed by atoms with Gasteiger partial charge in [0.05, 0.1) is 10.6 Å². The lowest BCUT2D eigenvalue weighted by molar-refractivity contribution is -0.144. The quantitative estimate of drug-likeness (QED) is 0.769. The largest absolute Gasteiger partial charge is 0.341 e. The van der Waals surface area contributed by atoms with Gasteiger partial charge in [0.2, 0.25) is 11.8 Å². The van der Waals surface area contributed by atoms with Gasteiger partial charge in [-0.15, -0.1) is 0 Å². The Balaban J connectivity index is 1.59. The lowest BCUT2D eigenvalue weighted by Gasteiger charge is -2.34. The summed E-state index contributed by atoms with van der Waals surface area (Å²) in [5, 5.41) is 0. The van der Waals surface area contributed by atoms with E-state index >= 15 is 0 Å². The molecule has 0 radical (unpaired) electrons. The second-order valence-corrected chi connectivity index (χ2v) is 9.74. The lowest BCUT2D eigenvalue weighted by atomic mass is 9.98. The summed E-state index contributed by atoms with van der Waals surface area (Å²) >= 11 is 0. The molecule has 0 aromatic heterocycles. The van der Waals surface area contributed by atoms with E-state index in [1.807, 2.05) is 4.90 Å². The zero-order chi connectivity index (χ0) is 19.4. The van der Waals surface area contributed by atoms with Crippen molar-refractivity contribution >= 4 is 21.7 Å². The molecule has 2 saturated heterocycles. The molecule has 1 aromatic carbocycles. The normalized spacial score (nSPS) is 21.4. The number of likely N-dealkylation sites (tertiary alicyclic amines) is 2. The van der Waals surface area contributed by atoms with Crippen LogP contribution < -0.4 is 0 Å². The van der Waals surface area contributed by atoms with Gasteiger partial charge in [-0.05, 0) is 43.7 Å². The molecule has 2 aliphatic heterocycles. The minimum absolute atomic E-state index is 0.0265. The molecule has 2 heterocycles. The highest BCUT2D eigenvalue weighted by Crippen LogP contribution is 2.24. The van der Waals surface area contributed by atoms with Gasteiger partial charge in [-0.3, -0.25) is 9.59 Å². The standard InChI is InChI=1S/C20H28N2O4S/c1-16-9-13-21(14-10-16)20(24)18-8-5-12-22(18)19(23)11-15-27(25,26)17-6-3-2-4-7-17/h2-4,6-7,16,18H,5,8-15H2,1H3/t18-/m0/s1. The van der Waals surface area contributed by atoms with E-state index in [0.717, 1.165) is 32.4 Å². The van der Waals surface area contributed by atoms with Crippen molar-refractivity contribution in [2.24, 2.45) is 5.92 Å². The number of hydrogen-bond donors (Lipinski definition) is 0. The molecule has 1 atom stereocenters. The molecule has 148 valence electrons. The Labute approximate surface area is 161 Å². The molecule has 0 saturated carbocycles. The predicted molar refractivity (Wildman–Crippen MR) is 103 cm³/mol. The molecule has 1 aromatic rings. The van der Waals surface area contributed by atoms with Gasteiger partial charge in [0.1, 0.15) is 6.04 Å². The van der Waals surface area contributed by atoms with Gasteiger partial charge in [-0.25, -0.2) is 8.42 Å². The third-order valence-electron chi connectivity index (χ3n) is 5.64. The Bertz CT molecular complexity index is 770. The molecule has 0 aliphatic carbocycles. The van der Waals surface area contributed by atoms with E-state index in [1.54, 1.807) is 35.2 Å². The Morgan fingerprint density at radius 1 is 1.04 bits per heavy atom. The summed E-state index contributed by atoms with van der Waals surface area (Å²) in [5.41, 5.74) is 0. The molecular formula is C20H28N2O4S. The third kappa shape index (κ3) is 4.69. The Morgan fingerprint density at radius 3 is 2.37 bits per heavy atom. The number of carbonyl (C=O) groups excluding carboxylic acids is 2. The van der Waals surface area contributed by atoms with Crippen molar-refractivity contribution in [2.75, 3.05) is 25.4 Å². The molecular weight excluding hydrogens is 364 g/mol. The van der Waals surface area contributed by atoms with Crippen molar-refractivity contribution in [1.29, 1.82) is 0 Å². The first kappa shape index (κ1) is 19.9. The van der Waals surface area contributed by atoms with Crippen molar-refractivity contribution in [2.45, 2.75) is 50.0 Å². The fraction of sp³-hybridized carbons (Fsp3) is 0.600. The van der Waals surface area contributed by atoms with Crippen molar-refractivity contribution in [3.05, 3.63) is 30.3 Å². The fourth-order valence-corrected chi connectivity index (χ4v) is 5.12. The van der Waals surface area contributed by atoms with Crippen LogP contribution in [0.25, 0.3) is 0 Å². The minimum atomic E-state index is -3.49. The van der Waals surface area contributed by atoms with Crippen molar-refractivity contribution in [3.8, 4) is 0 Å². The Kier molecular flexibility index (Phi) is 6.19. The second kappa shape index (κ2) is 8.42. The molecule has 0 spiro atoms. The first-order valence-electron chi connectivity index (χ1n) is 9.74. The summed E-state index contributed by atoms with van der Waals surface area (Å²) in [5.74, 6) is 0.196. The molecule has 2 aliphatic rings. The van der Waals surface area contributed by atoms with Crippen LogP contribution in [0.5, 0.6) is 0 Å². The molecule has 3 rings (SSSR count). The SMILES string of the molecule is CC1CCN(C(=O)[C@@H]2CCCN2C(=O)CCS(=O)(=O)c2ccccc2)CC1. The predicted octanol–water partition coefficient (Wildman–Crippen LogP) is 2.10. The zero-order valence-corrected chi connectivity index (χ0v) is 16.7. The molecule has 6 nitrogen and oxygen atoms in total.